The molecule has 9 nitrogen and oxygen atoms in total. The third-order valence-corrected chi connectivity index (χ3v) is 8.31. The lowest BCUT2D eigenvalue weighted by atomic mass is 10.0. The molecule has 1 saturated heterocycles. The van der Waals surface area contributed by atoms with Gasteiger partial charge in [0, 0.05) is 43.6 Å². The van der Waals surface area contributed by atoms with Gasteiger partial charge in [0.25, 0.3) is 0 Å². The molecule has 1 amide bonds. The van der Waals surface area contributed by atoms with E-state index in [0.29, 0.717) is 47.7 Å². The van der Waals surface area contributed by atoms with Gasteiger partial charge in [0.05, 0.1) is 23.7 Å². The maximum absolute atomic E-state index is 13.7. The Bertz CT molecular complexity index is 1690. The van der Waals surface area contributed by atoms with E-state index in [4.69, 9.17) is 18.9 Å². The largest absolute Gasteiger partial charge is 0.490 e. The molecule has 1 fully saturated rings. The van der Waals surface area contributed by atoms with Crippen molar-refractivity contribution >= 4 is 34.4 Å². The average molecular weight is 646 g/mol. The minimum absolute atomic E-state index is 0.0552. The summed E-state index contributed by atoms with van der Waals surface area (Å²) < 4.78 is 65.4. The highest BCUT2D eigenvalue weighted by atomic mass is 32.1. The number of aromatic nitrogens is 2. The highest BCUT2D eigenvalue weighted by Gasteiger charge is 2.35. The normalized spacial score (nSPS) is 15.2. The number of esters is 1. The highest BCUT2D eigenvalue weighted by molar-refractivity contribution is 7.16. The van der Waals surface area contributed by atoms with Crippen LogP contribution in [0.5, 0.6) is 11.5 Å². The van der Waals surface area contributed by atoms with E-state index in [9.17, 15) is 22.8 Å². The monoisotopic (exact) mass is 645 g/mol. The van der Waals surface area contributed by atoms with Crippen molar-refractivity contribution in [2.45, 2.75) is 64.5 Å². The average Bonchev–Trinajstić information content (AvgIpc) is 3.59. The van der Waals surface area contributed by atoms with Gasteiger partial charge < -0.3 is 23.8 Å². The van der Waals surface area contributed by atoms with Gasteiger partial charge in [-0.2, -0.15) is 13.2 Å². The molecule has 0 radical (unpaired) electrons. The van der Waals surface area contributed by atoms with Crippen LogP contribution in [0.1, 0.15) is 67.4 Å². The Hall–Kier alpha value is -4.26. The van der Waals surface area contributed by atoms with E-state index in [1.807, 2.05) is 39.0 Å². The Morgan fingerprint density at radius 3 is 2.42 bits per heavy atom. The first-order chi connectivity index (χ1) is 21.2. The number of carbonyl (C=O) groups is 2. The summed E-state index contributed by atoms with van der Waals surface area (Å²) in [5.74, 6) is 0.0274. The van der Waals surface area contributed by atoms with Crippen LogP contribution in [0.2, 0.25) is 0 Å². The summed E-state index contributed by atoms with van der Waals surface area (Å²) in [5.41, 5.74) is -0.0628. The number of hydrogen-bond donors (Lipinski definition) is 0. The summed E-state index contributed by atoms with van der Waals surface area (Å²) in [6, 6.07) is 12.2. The number of piperidine rings is 1. The quantitative estimate of drug-likeness (QED) is 0.189. The molecule has 45 heavy (non-hydrogen) atoms. The Labute approximate surface area is 262 Å². The summed E-state index contributed by atoms with van der Waals surface area (Å²) in [4.78, 5) is 31.4. The van der Waals surface area contributed by atoms with E-state index < -0.39 is 29.4 Å². The van der Waals surface area contributed by atoms with Gasteiger partial charge in [0.1, 0.15) is 40.6 Å². The van der Waals surface area contributed by atoms with Gasteiger partial charge in [-0.1, -0.05) is 18.2 Å². The van der Waals surface area contributed by atoms with Crippen LogP contribution in [0, 0.1) is 0 Å². The van der Waals surface area contributed by atoms with Crippen LogP contribution in [0.4, 0.5) is 18.0 Å². The van der Waals surface area contributed by atoms with Crippen molar-refractivity contribution in [3.63, 3.8) is 0 Å². The zero-order valence-electron chi connectivity index (χ0n) is 25.5. The van der Waals surface area contributed by atoms with Crippen molar-refractivity contribution in [2.75, 3.05) is 20.2 Å². The molecule has 0 bridgehead atoms. The van der Waals surface area contributed by atoms with Gasteiger partial charge >= 0.3 is 18.2 Å². The Morgan fingerprint density at radius 2 is 1.76 bits per heavy atom. The topological polar surface area (TPSA) is 92.1 Å². The predicted octanol–water partition coefficient (Wildman–Crippen LogP) is 7.81. The number of rotatable bonds is 7. The number of likely N-dealkylation sites (tertiary alicyclic amines) is 1. The van der Waals surface area contributed by atoms with Crippen molar-refractivity contribution in [1.29, 1.82) is 0 Å². The molecule has 0 aliphatic carbocycles. The number of thiophene rings is 1. The summed E-state index contributed by atoms with van der Waals surface area (Å²) in [5, 5.41) is 0.548. The van der Waals surface area contributed by atoms with Gasteiger partial charge in [0.15, 0.2) is 4.88 Å². The molecule has 2 aromatic heterocycles. The van der Waals surface area contributed by atoms with E-state index in [-0.39, 0.29) is 28.4 Å². The lowest BCUT2D eigenvalue weighted by Crippen LogP contribution is -2.44. The summed E-state index contributed by atoms with van der Waals surface area (Å²) in [7, 11) is 1.22. The second-order valence-corrected chi connectivity index (χ2v) is 12.7. The lowest BCUT2D eigenvalue weighted by molar-refractivity contribution is -0.139. The first-order valence-electron chi connectivity index (χ1n) is 14.4. The summed E-state index contributed by atoms with van der Waals surface area (Å²) in [6.07, 6.45) is -3.16. The molecule has 0 saturated carbocycles. The van der Waals surface area contributed by atoms with Crippen molar-refractivity contribution in [3.8, 4) is 16.5 Å². The number of benzene rings is 2. The number of hydrogen-bond acceptors (Lipinski definition) is 8. The van der Waals surface area contributed by atoms with Crippen molar-refractivity contribution in [1.82, 2.24) is 14.5 Å². The van der Waals surface area contributed by atoms with Crippen LogP contribution in [0.15, 0.2) is 54.9 Å². The fourth-order valence-corrected chi connectivity index (χ4v) is 6.07. The van der Waals surface area contributed by atoms with Gasteiger partial charge in [-0.25, -0.2) is 14.6 Å². The van der Waals surface area contributed by atoms with E-state index >= 15 is 0 Å². The third kappa shape index (κ3) is 7.35. The van der Waals surface area contributed by atoms with Crippen molar-refractivity contribution in [2.24, 2.45) is 0 Å². The van der Waals surface area contributed by atoms with Gasteiger partial charge in [-0.15, -0.1) is 11.3 Å². The number of nitrogens with zero attached hydrogens (tertiary/aromatic N) is 3. The molecule has 240 valence electrons. The third-order valence-electron chi connectivity index (χ3n) is 7.22. The predicted molar refractivity (Wildman–Crippen MR) is 162 cm³/mol. The molecule has 1 aliphatic rings. The van der Waals surface area contributed by atoms with E-state index in [1.54, 1.807) is 21.9 Å². The fourth-order valence-electron chi connectivity index (χ4n) is 5.08. The number of ether oxygens (including phenoxy) is 4. The zero-order chi connectivity index (χ0) is 32.5. The van der Waals surface area contributed by atoms with Crippen molar-refractivity contribution < 1.29 is 41.7 Å². The van der Waals surface area contributed by atoms with E-state index in [1.165, 1.54) is 32.2 Å². The maximum atomic E-state index is 13.7. The Balaban J connectivity index is 1.36. The molecule has 0 N–H and O–H groups in total. The SMILES string of the molecule is COC(=O)c1sc(-n2cnc3ccc(OC4CCN(C(=O)OC(C)(C)C)CC4)cc32)cc1OC(C)c1ccccc1C(F)(F)F. The molecule has 13 heteroatoms. The minimum atomic E-state index is -4.57. The second kappa shape index (κ2) is 12.6. The smallest absolute Gasteiger partial charge is 0.416 e. The number of fused-ring (bicyclic) bond motifs is 1. The molecular formula is C32H34F3N3O6S. The second-order valence-electron chi connectivity index (χ2n) is 11.7. The van der Waals surface area contributed by atoms with E-state index in [0.717, 1.165) is 17.4 Å². The van der Waals surface area contributed by atoms with Crippen LogP contribution < -0.4 is 9.47 Å². The molecule has 1 unspecified atom stereocenters. The zero-order valence-corrected chi connectivity index (χ0v) is 26.3. The van der Waals surface area contributed by atoms with Gasteiger partial charge in [-0.05, 0) is 45.9 Å². The number of halogens is 3. The van der Waals surface area contributed by atoms with Crippen LogP contribution in [0.3, 0.4) is 0 Å². The minimum Gasteiger partial charge on any atom is -0.490 e. The number of imidazole rings is 1. The molecule has 1 atom stereocenters. The van der Waals surface area contributed by atoms with E-state index in [2.05, 4.69) is 4.98 Å². The number of methoxy groups -OCH3 is 1. The lowest BCUT2D eigenvalue weighted by Gasteiger charge is -2.33. The first-order valence-corrected chi connectivity index (χ1v) is 15.2. The standard InChI is InChI=1S/C32H34F3N3O6S/c1-19(22-8-6-7-9-23(22)32(33,34)35)42-26-17-27(45-28(26)29(39)41-5)38-18-36-24-11-10-21(16-25(24)38)43-20-12-14-37(15-13-20)30(40)44-31(2,3)4/h6-11,16-20H,12-15H2,1-5H3. The summed E-state index contributed by atoms with van der Waals surface area (Å²) >= 11 is 1.07. The van der Waals surface area contributed by atoms with Gasteiger partial charge in [0.2, 0.25) is 0 Å². The first kappa shape index (κ1) is 32.1. The molecule has 3 heterocycles. The van der Waals surface area contributed by atoms with Crippen molar-refractivity contribution in [3.05, 3.63) is 70.9 Å². The molecule has 1 aliphatic heterocycles. The van der Waals surface area contributed by atoms with Crippen LogP contribution in [-0.2, 0) is 15.7 Å². The van der Waals surface area contributed by atoms with Crippen LogP contribution in [-0.4, -0.2) is 58.4 Å². The number of carbonyl (C=O) groups excluding carboxylic acids is 2. The number of amides is 1. The Kier molecular flexibility index (Phi) is 9.02. The van der Waals surface area contributed by atoms with Crippen LogP contribution >= 0.6 is 11.3 Å². The number of alkyl halides is 3. The highest BCUT2D eigenvalue weighted by Crippen LogP contribution is 2.40. The maximum Gasteiger partial charge on any atom is 0.416 e. The fraction of sp³-hybridized carbons (Fsp3) is 0.406. The molecule has 5 rings (SSSR count). The molecular weight excluding hydrogens is 611 g/mol. The Morgan fingerprint density at radius 1 is 1.04 bits per heavy atom. The molecule has 4 aromatic rings. The van der Waals surface area contributed by atoms with Crippen LogP contribution in [0.25, 0.3) is 16.0 Å². The molecule has 0 spiro atoms. The van der Waals surface area contributed by atoms with Gasteiger partial charge in [-0.3, -0.25) is 4.57 Å². The summed E-state index contributed by atoms with van der Waals surface area (Å²) in [6.45, 7) is 8.03. The molecule has 2 aromatic carbocycles.